The number of carbonyl (C=O) groups is 1. The SMILES string of the molecule is Cc1nnsc1CN(C)C(=O)c1ccccc1Cl. The van der Waals surface area contributed by atoms with E-state index in [4.69, 9.17) is 11.6 Å². The molecule has 1 aromatic heterocycles. The van der Waals surface area contributed by atoms with E-state index in [-0.39, 0.29) is 5.91 Å². The maximum atomic E-state index is 12.2. The van der Waals surface area contributed by atoms with Crippen molar-refractivity contribution in [3.63, 3.8) is 0 Å². The first-order chi connectivity index (χ1) is 8.59. The van der Waals surface area contributed by atoms with Crippen LogP contribution in [-0.2, 0) is 6.54 Å². The molecule has 0 unspecified atom stereocenters. The topological polar surface area (TPSA) is 46.1 Å². The first-order valence-corrected chi connectivity index (χ1v) is 6.52. The summed E-state index contributed by atoms with van der Waals surface area (Å²) in [5.41, 5.74) is 1.37. The Balaban J connectivity index is 2.15. The third-order valence-electron chi connectivity index (χ3n) is 2.58. The van der Waals surface area contributed by atoms with Crippen LogP contribution in [0.1, 0.15) is 20.9 Å². The summed E-state index contributed by atoms with van der Waals surface area (Å²) < 4.78 is 3.85. The van der Waals surface area contributed by atoms with E-state index < -0.39 is 0 Å². The zero-order valence-electron chi connectivity index (χ0n) is 10.1. The van der Waals surface area contributed by atoms with Crippen molar-refractivity contribution in [2.75, 3.05) is 7.05 Å². The highest BCUT2D eigenvalue weighted by Gasteiger charge is 2.16. The highest BCUT2D eigenvalue weighted by molar-refractivity contribution is 7.05. The van der Waals surface area contributed by atoms with Gasteiger partial charge in [0.25, 0.3) is 5.91 Å². The summed E-state index contributed by atoms with van der Waals surface area (Å²) in [7, 11) is 1.74. The fourth-order valence-corrected chi connectivity index (χ4v) is 2.43. The number of aromatic nitrogens is 2. The van der Waals surface area contributed by atoms with Crippen molar-refractivity contribution in [2.24, 2.45) is 0 Å². The normalized spacial score (nSPS) is 10.4. The van der Waals surface area contributed by atoms with Crippen LogP contribution in [0, 0.1) is 6.92 Å². The summed E-state index contributed by atoms with van der Waals surface area (Å²) >= 11 is 7.31. The molecule has 1 amide bonds. The van der Waals surface area contributed by atoms with Crippen molar-refractivity contribution in [1.29, 1.82) is 0 Å². The molecule has 94 valence electrons. The molecule has 0 aliphatic carbocycles. The largest absolute Gasteiger partial charge is 0.336 e. The molecule has 6 heteroatoms. The van der Waals surface area contributed by atoms with Crippen LogP contribution in [0.5, 0.6) is 0 Å². The zero-order valence-corrected chi connectivity index (χ0v) is 11.6. The summed E-state index contributed by atoms with van der Waals surface area (Å²) in [5.74, 6) is -0.103. The van der Waals surface area contributed by atoms with Gasteiger partial charge in [0, 0.05) is 7.05 Å². The van der Waals surface area contributed by atoms with Crippen molar-refractivity contribution >= 4 is 29.0 Å². The van der Waals surface area contributed by atoms with Crippen molar-refractivity contribution in [1.82, 2.24) is 14.5 Å². The number of aryl methyl sites for hydroxylation is 1. The van der Waals surface area contributed by atoms with E-state index in [1.54, 1.807) is 36.2 Å². The summed E-state index contributed by atoms with van der Waals surface area (Å²) in [4.78, 5) is 14.8. The number of halogens is 1. The van der Waals surface area contributed by atoms with Gasteiger partial charge in [-0.2, -0.15) is 0 Å². The van der Waals surface area contributed by atoms with Crippen LogP contribution >= 0.6 is 23.1 Å². The van der Waals surface area contributed by atoms with Gasteiger partial charge in [-0.25, -0.2) is 0 Å². The number of benzene rings is 1. The van der Waals surface area contributed by atoms with E-state index in [1.165, 1.54) is 11.5 Å². The molecule has 0 N–H and O–H groups in total. The number of nitrogens with zero attached hydrogens (tertiary/aromatic N) is 3. The lowest BCUT2D eigenvalue weighted by Crippen LogP contribution is -2.26. The molecule has 4 nitrogen and oxygen atoms in total. The maximum absolute atomic E-state index is 12.2. The average Bonchev–Trinajstić information content (AvgIpc) is 2.75. The molecule has 0 bridgehead atoms. The van der Waals surface area contributed by atoms with Crippen molar-refractivity contribution in [3.05, 3.63) is 45.4 Å². The fraction of sp³-hybridized carbons (Fsp3) is 0.250. The van der Waals surface area contributed by atoms with E-state index in [0.717, 1.165) is 10.6 Å². The van der Waals surface area contributed by atoms with Gasteiger partial charge in [0.2, 0.25) is 0 Å². The lowest BCUT2D eigenvalue weighted by molar-refractivity contribution is 0.0786. The molecule has 0 saturated carbocycles. The maximum Gasteiger partial charge on any atom is 0.255 e. The number of carbonyl (C=O) groups excluding carboxylic acids is 1. The Morgan fingerprint density at radius 1 is 1.44 bits per heavy atom. The van der Waals surface area contributed by atoms with Crippen LogP contribution < -0.4 is 0 Å². The van der Waals surface area contributed by atoms with Crippen LogP contribution in [0.2, 0.25) is 5.02 Å². The Morgan fingerprint density at radius 2 is 2.17 bits per heavy atom. The number of hydrogen-bond acceptors (Lipinski definition) is 4. The van der Waals surface area contributed by atoms with Gasteiger partial charge in [-0.1, -0.05) is 28.2 Å². The van der Waals surface area contributed by atoms with Crippen LogP contribution in [-0.4, -0.2) is 27.4 Å². The summed E-state index contributed by atoms with van der Waals surface area (Å²) in [6.07, 6.45) is 0. The predicted molar refractivity (Wildman–Crippen MR) is 71.9 cm³/mol. The Hall–Kier alpha value is -1.46. The van der Waals surface area contributed by atoms with Crippen LogP contribution in [0.15, 0.2) is 24.3 Å². The number of rotatable bonds is 3. The van der Waals surface area contributed by atoms with E-state index >= 15 is 0 Å². The second-order valence-electron chi connectivity index (χ2n) is 3.92. The van der Waals surface area contributed by atoms with Gasteiger partial charge in [-0.05, 0) is 30.6 Å². The van der Waals surface area contributed by atoms with Crippen LogP contribution in [0.4, 0.5) is 0 Å². The quantitative estimate of drug-likeness (QED) is 0.869. The minimum Gasteiger partial charge on any atom is -0.336 e. The second kappa shape index (κ2) is 5.46. The number of amides is 1. The van der Waals surface area contributed by atoms with Crippen LogP contribution in [0.3, 0.4) is 0 Å². The molecule has 1 aromatic carbocycles. The first kappa shape index (κ1) is 13.0. The molecule has 0 atom stereocenters. The lowest BCUT2D eigenvalue weighted by atomic mass is 10.2. The molecule has 18 heavy (non-hydrogen) atoms. The van der Waals surface area contributed by atoms with Gasteiger partial charge in [0.15, 0.2) is 0 Å². The van der Waals surface area contributed by atoms with Crippen molar-refractivity contribution in [2.45, 2.75) is 13.5 Å². The Bertz CT molecular complexity index is 570. The molecule has 1 heterocycles. The molecule has 0 spiro atoms. The summed E-state index contributed by atoms with van der Waals surface area (Å²) in [5, 5.41) is 4.39. The highest BCUT2D eigenvalue weighted by Crippen LogP contribution is 2.18. The van der Waals surface area contributed by atoms with Gasteiger partial charge in [0.05, 0.1) is 27.7 Å². The fourth-order valence-electron chi connectivity index (χ4n) is 1.52. The van der Waals surface area contributed by atoms with Crippen LogP contribution in [0.25, 0.3) is 0 Å². The van der Waals surface area contributed by atoms with E-state index in [9.17, 15) is 4.79 Å². The average molecular weight is 282 g/mol. The molecule has 2 aromatic rings. The third-order valence-corrected chi connectivity index (χ3v) is 3.71. The Kier molecular flexibility index (Phi) is 3.93. The van der Waals surface area contributed by atoms with Gasteiger partial charge in [-0.3, -0.25) is 4.79 Å². The first-order valence-electron chi connectivity index (χ1n) is 5.37. The van der Waals surface area contributed by atoms with Crippen molar-refractivity contribution < 1.29 is 4.79 Å². The molecular formula is C12H12ClN3OS. The minimum atomic E-state index is -0.103. The highest BCUT2D eigenvalue weighted by atomic mass is 35.5. The van der Waals surface area contributed by atoms with E-state index in [2.05, 4.69) is 9.59 Å². The second-order valence-corrected chi connectivity index (χ2v) is 5.17. The molecular weight excluding hydrogens is 270 g/mol. The standard InChI is InChI=1S/C12H12ClN3OS/c1-8-11(18-15-14-8)7-16(2)12(17)9-5-3-4-6-10(9)13/h3-6H,7H2,1-2H3. The number of hydrogen-bond donors (Lipinski definition) is 0. The van der Waals surface area contributed by atoms with Gasteiger partial charge in [-0.15, -0.1) is 5.10 Å². The smallest absolute Gasteiger partial charge is 0.255 e. The molecule has 0 aliphatic rings. The molecule has 0 aliphatic heterocycles. The molecule has 0 radical (unpaired) electrons. The van der Waals surface area contributed by atoms with E-state index in [0.29, 0.717) is 17.1 Å². The van der Waals surface area contributed by atoms with Gasteiger partial charge < -0.3 is 4.90 Å². The predicted octanol–water partition coefficient (Wildman–Crippen LogP) is 2.77. The Labute approximate surface area is 114 Å². The molecule has 2 rings (SSSR count). The van der Waals surface area contributed by atoms with Crippen molar-refractivity contribution in [3.8, 4) is 0 Å². The molecule has 0 saturated heterocycles. The third kappa shape index (κ3) is 2.68. The van der Waals surface area contributed by atoms with Gasteiger partial charge >= 0.3 is 0 Å². The zero-order chi connectivity index (χ0) is 13.1. The minimum absolute atomic E-state index is 0.103. The van der Waals surface area contributed by atoms with E-state index in [1.807, 2.05) is 6.92 Å². The summed E-state index contributed by atoms with van der Waals surface area (Å²) in [6, 6.07) is 7.03. The monoisotopic (exact) mass is 281 g/mol. The lowest BCUT2D eigenvalue weighted by Gasteiger charge is -2.16. The Morgan fingerprint density at radius 3 is 2.78 bits per heavy atom. The van der Waals surface area contributed by atoms with Gasteiger partial charge in [0.1, 0.15) is 0 Å². The summed E-state index contributed by atoms with van der Waals surface area (Å²) in [6.45, 7) is 2.38. The molecule has 0 fully saturated rings.